The monoisotopic (exact) mass is 759 g/mol. The van der Waals surface area contributed by atoms with Crippen LogP contribution in [0.1, 0.15) is 0 Å². The van der Waals surface area contributed by atoms with Crippen LogP contribution in [0.25, 0.3) is 114 Å². The Hall–Kier alpha value is -6.79. The van der Waals surface area contributed by atoms with Crippen LogP contribution < -0.4 is 0 Å². The first-order chi connectivity index (χ1) is 28.2. The molecule has 3 nitrogen and oxygen atoms in total. The summed E-state index contributed by atoms with van der Waals surface area (Å²) in [5.74, 6) is 0.753. The van der Waals surface area contributed by atoms with E-state index in [0.29, 0.717) is 0 Å². The number of aromatic nitrogens is 3. The normalized spacial score (nSPS) is 12.5. The summed E-state index contributed by atoms with van der Waals surface area (Å²) in [4.78, 5) is 13.3. The van der Waals surface area contributed by atoms with E-state index in [1.54, 1.807) is 11.3 Å². The third-order valence-corrected chi connectivity index (χ3v) is 14.1. The highest BCUT2D eigenvalue weighted by Gasteiger charge is 2.26. The first-order valence-corrected chi connectivity index (χ1v) is 20.9. The van der Waals surface area contributed by atoms with Crippen LogP contribution in [0.4, 0.5) is 0 Å². The van der Waals surface area contributed by atoms with Gasteiger partial charge in [0, 0.05) is 52.5 Å². The van der Waals surface area contributed by atoms with Gasteiger partial charge in [0.2, 0.25) is 0 Å². The van der Waals surface area contributed by atoms with E-state index in [4.69, 9.17) is 9.97 Å². The fourth-order valence-electron chi connectivity index (χ4n) is 9.17. The lowest BCUT2D eigenvalue weighted by Crippen LogP contribution is -2.01. The van der Waals surface area contributed by atoms with Crippen LogP contribution in [-0.2, 0) is 0 Å². The fourth-order valence-corrected chi connectivity index (χ4v) is 11.6. The second kappa shape index (κ2) is 11.9. The molecule has 0 atom stereocenters. The molecule has 57 heavy (non-hydrogen) atoms. The molecule has 9 aromatic carbocycles. The van der Waals surface area contributed by atoms with Gasteiger partial charge in [-0.2, -0.15) is 0 Å². The molecule has 3 aromatic heterocycles. The first-order valence-electron chi connectivity index (χ1n) is 19.2. The molecule has 5 heteroatoms. The molecule has 264 valence electrons. The smallest absolute Gasteiger partial charge is 0.161 e. The predicted molar refractivity (Wildman–Crippen MR) is 242 cm³/mol. The zero-order chi connectivity index (χ0) is 37.2. The molecule has 0 saturated carbocycles. The zero-order valence-corrected chi connectivity index (χ0v) is 32.0. The van der Waals surface area contributed by atoms with Crippen LogP contribution >= 0.6 is 23.1 Å². The lowest BCUT2D eigenvalue weighted by atomic mass is 9.95. The van der Waals surface area contributed by atoms with E-state index in [0.717, 1.165) is 32.9 Å². The van der Waals surface area contributed by atoms with E-state index in [-0.39, 0.29) is 0 Å². The molecular formula is C52H29N3S2. The van der Waals surface area contributed by atoms with E-state index in [9.17, 15) is 0 Å². The van der Waals surface area contributed by atoms with Gasteiger partial charge in [-0.25, -0.2) is 9.97 Å². The quantitative estimate of drug-likeness (QED) is 0.180. The molecule has 0 aliphatic carbocycles. The van der Waals surface area contributed by atoms with Gasteiger partial charge in [0.15, 0.2) is 5.82 Å². The molecule has 0 radical (unpaired) electrons. The van der Waals surface area contributed by atoms with E-state index in [1.165, 1.54) is 90.8 Å². The van der Waals surface area contributed by atoms with Crippen LogP contribution in [0, 0.1) is 0 Å². The van der Waals surface area contributed by atoms with Crippen molar-refractivity contribution in [3.8, 4) is 39.5 Å². The SMILES string of the molecule is c1cc(-c2nc(-c3ccc4ccccc4c3)c3sc4ccccc4c3n2)c2c(c1)-c1cccc3c(-n4c5ccccc5c5cc6ccccc6cc54)ccc(c13)S2. The molecular weight excluding hydrogens is 731 g/mol. The van der Waals surface area contributed by atoms with Crippen molar-refractivity contribution in [3.63, 3.8) is 0 Å². The number of thiophene rings is 1. The van der Waals surface area contributed by atoms with Gasteiger partial charge in [-0.15, -0.1) is 11.3 Å². The first kappa shape index (κ1) is 31.4. The molecule has 0 bridgehead atoms. The minimum absolute atomic E-state index is 0.753. The van der Waals surface area contributed by atoms with Crippen molar-refractivity contribution in [3.05, 3.63) is 176 Å². The van der Waals surface area contributed by atoms with Gasteiger partial charge in [0.25, 0.3) is 0 Å². The number of rotatable bonds is 3. The maximum absolute atomic E-state index is 5.47. The highest BCUT2D eigenvalue weighted by molar-refractivity contribution is 8.00. The fraction of sp³-hybridized carbons (Fsp3) is 0. The van der Waals surface area contributed by atoms with Crippen molar-refractivity contribution < 1.29 is 0 Å². The second-order valence-corrected chi connectivity index (χ2v) is 17.0. The summed E-state index contributed by atoms with van der Waals surface area (Å²) in [5.41, 5.74) is 10.2. The number of fused-ring (bicyclic) bond motifs is 10. The largest absolute Gasteiger partial charge is 0.309 e. The highest BCUT2D eigenvalue weighted by Crippen LogP contribution is 2.53. The zero-order valence-electron chi connectivity index (χ0n) is 30.4. The Labute approximate surface area is 335 Å². The van der Waals surface area contributed by atoms with Gasteiger partial charge < -0.3 is 4.57 Å². The molecule has 0 amide bonds. The Balaban J connectivity index is 1.03. The molecule has 13 rings (SSSR count). The van der Waals surface area contributed by atoms with Crippen LogP contribution in [-0.4, -0.2) is 14.5 Å². The van der Waals surface area contributed by atoms with Crippen LogP contribution in [0.15, 0.2) is 186 Å². The van der Waals surface area contributed by atoms with Crippen molar-refractivity contribution in [2.45, 2.75) is 9.79 Å². The molecule has 1 aliphatic heterocycles. The van der Waals surface area contributed by atoms with Crippen molar-refractivity contribution in [2.24, 2.45) is 0 Å². The second-order valence-electron chi connectivity index (χ2n) is 14.9. The average molecular weight is 760 g/mol. The highest BCUT2D eigenvalue weighted by atomic mass is 32.2. The van der Waals surface area contributed by atoms with Gasteiger partial charge in [0.1, 0.15) is 0 Å². The Kier molecular flexibility index (Phi) is 6.54. The number of nitrogens with zero attached hydrogens (tertiary/aromatic N) is 3. The van der Waals surface area contributed by atoms with Crippen LogP contribution in [0.3, 0.4) is 0 Å². The Bertz CT molecular complexity index is 3690. The summed E-state index contributed by atoms with van der Waals surface area (Å²) in [7, 11) is 0. The van der Waals surface area contributed by atoms with Crippen LogP contribution in [0.5, 0.6) is 0 Å². The minimum atomic E-state index is 0.753. The van der Waals surface area contributed by atoms with E-state index >= 15 is 0 Å². The molecule has 12 aromatic rings. The molecule has 0 unspecified atom stereocenters. The topological polar surface area (TPSA) is 30.7 Å². The number of para-hydroxylation sites is 1. The van der Waals surface area contributed by atoms with Crippen molar-refractivity contribution >= 4 is 97.5 Å². The molecule has 0 N–H and O–H groups in total. The van der Waals surface area contributed by atoms with Gasteiger partial charge in [-0.1, -0.05) is 139 Å². The lowest BCUT2D eigenvalue weighted by molar-refractivity contribution is 1.19. The maximum Gasteiger partial charge on any atom is 0.161 e. The van der Waals surface area contributed by atoms with Crippen molar-refractivity contribution in [2.75, 3.05) is 0 Å². The summed E-state index contributed by atoms with van der Waals surface area (Å²) in [6.07, 6.45) is 0. The Morgan fingerprint density at radius 3 is 2.05 bits per heavy atom. The molecule has 0 saturated heterocycles. The predicted octanol–water partition coefficient (Wildman–Crippen LogP) is 14.9. The third-order valence-electron chi connectivity index (χ3n) is 11.8. The van der Waals surface area contributed by atoms with Gasteiger partial charge in [-0.3, -0.25) is 0 Å². The summed E-state index contributed by atoms with van der Waals surface area (Å²) in [5, 5.41) is 11.2. The molecule has 1 aliphatic rings. The van der Waals surface area contributed by atoms with E-state index < -0.39 is 0 Å². The molecule has 0 fully saturated rings. The van der Waals surface area contributed by atoms with E-state index in [2.05, 4.69) is 180 Å². The summed E-state index contributed by atoms with van der Waals surface area (Å²) in [6, 6.07) is 64.1. The number of hydrogen-bond acceptors (Lipinski definition) is 4. The molecule has 0 spiro atoms. The molecule has 4 heterocycles. The van der Waals surface area contributed by atoms with Crippen molar-refractivity contribution in [1.29, 1.82) is 0 Å². The van der Waals surface area contributed by atoms with Crippen molar-refractivity contribution in [1.82, 2.24) is 14.5 Å². The third kappa shape index (κ3) is 4.55. The Morgan fingerprint density at radius 1 is 0.456 bits per heavy atom. The van der Waals surface area contributed by atoms with Gasteiger partial charge in [0.05, 0.1) is 32.6 Å². The summed E-state index contributed by atoms with van der Waals surface area (Å²) >= 11 is 3.62. The van der Waals surface area contributed by atoms with Crippen LogP contribution in [0.2, 0.25) is 0 Å². The Morgan fingerprint density at radius 2 is 1.16 bits per heavy atom. The average Bonchev–Trinajstić information content (AvgIpc) is 3.80. The maximum atomic E-state index is 5.47. The minimum Gasteiger partial charge on any atom is -0.309 e. The van der Waals surface area contributed by atoms with E-state index in [1.807, 2.05) is 11.8 Å². The van der Waals surface area contributed by atoms with Gasteiger partial charge in [-0.05, 0) is 81.2 Å². The summed E-state index contributed by atoms with van der Waals surface area (Å²) < 4.78 is 4.81. The van der Waals surface area contributed by atoms with Gasteiger partial charge >= 0.3 is 0 Å². The number of hydrogen-bond donors (Lipinski definition) is 0. The number of benzene rings is 9. The lowest BCUT2D eigenvalue weighted by Gasteiger charge is -2.24. The summed E-state index contributed by atoms with van der Waals surface area (Å²) in [6.45, 7) is 0. The standard InChI is InChI=1S/C52H29N3S2/c1-2-12-31-27-34(24-23-30(31)11-1)48-51-49(39-16-6-8-22-45(39)56-51)54-52(53-48)40-20-10-18-37-36-17-9-19-38-43(25-26-46(47(36)38)57-50(37)40)55-42-21-7-5-15-35(42)41-28-32-13-3-4-14-33(32)29-44(41)55/h1-29H.